The van der Waals surface area contributed by atoms with Crippen LogP contribution in [0.3, 0.4) is 0 Å². The lowest BCUT2D eigenvalue weighted by molar-refractivity contribution is -0.141. The molecule has 1 aromatic heterocycles. The van der Waals surface area contributed by atoms with Gasteiger partial charge < -0.3 is 5.32 Å². The van der Waals surface area contributed by atoms with E-state index in [1.807, 2.05) is 13.8 Å². The van der Waals surface area contributed by atoms with Crippen molar-refractivity contribution in [2.24, 2.45) is 5.92 Å². The summed E-state index contributed by atoms with van der Waals surface area (Å²) in [5.41, 5.74) is -0.914. The average Bonchev–Trinajstić information content (AvgIpc) is 2.24. The number of thioether (sulfide) groups is 1. The number of nitrogens with one attached hydrogen (secondary N) is 1. The van der Waals surface area contributed by atoms with Crippen molar-refractivity contribution in [1.82, 2.24) is 9.97 Å². The Morgan fingerprint density at radius 3 is 2.47 bits per heavy atom. The monoisotopic (exact) mass is 265 g/mol. The van der Waals surface area contributed by atoms with Gasteiger partial charge in [-0.3, -0.25) is 0 Å². The standard InChI is InChI=1S/C10H14F3N3S/c1-6(2)5-17-8-4-7(10(11,12)13)15-9(14-3)16-8/h4,6H,5H2,1-3H3,(H,14,15,16). The predicted octanol–water partition coefficient (Wildman–Crippen LogP) is 3.29. The molecule has 1 aromatic rings. The van der Waals surface area contributed by atoms with E-state index in [2.05, 4.69) is 15.3 Å². The van der Waals surface area contributed by atoms with Crippen molar-refractivity contribution in [3.8, 4) is 0 Å². The van der Waals surface area contributed by atoms with Crippen LogP contribution < -0.4 is 5.32 Å². The van der Waals surface area contributed by atoms with Crippen molar-refractivity contribution in [2.45, 2.75) is 25.0 Å². The van der Waals surface area contributed by atoms with Gasteiger partial charge in [0.1, 0.15) is 5.03 Å². The van der Waals surface area contributed by atoms with E-state index in [1.165, 1.54) is 18.8 Å². The number of aromatic nitrogens is 2. The van der Waals surface area contributed by atoms with Gasteiger partial charge in [0.25, 0.3) is 0 Å². The summed E-state index contributed by atoms with van der Waals surface area (Å²) in [6, 6.07) is 0.980. The van der Waals surface area contributed by atoms with Crippen molar-refractivity contribution in [1.29, 1.82) is 0 Å². The number of alkyl halides is 3. The Bertz CT molecular complexity index is 380. The fourth-order valence-corrected chi connectivity index (χ4v) is 1.86. The summed E-state index contributed by atoms with van der Waals surface area (Å²) in [6.07, 6.45) is -4.44. The van der Waals surface area contributed by atoms with E-state index in [0.29, 0.717) is 10.9 Å². The quantitative estimate of drug-likeness (QED) is 0.669. The smallest absolute Gasteiger partial charge is 0.357 e. The molecule has 1 N–H and O–H groups in total. The predicted molar refractivity (Wildman–Crippen MR) is 62.1 cm³/mol. The molecule has 96 valence electrons. The molecule has 0 aromatic carbocycles. The zero-order chi connectivity index (χ0) is 13.1. The molecular formula is C10H14F3N3S. The maximum Gasteiger partial charge on any atom is 0.433 e. The number of halogens is 3. The van der Waals surface area contributed by atoms with E-state index >= 15 is 0 Å². The molecule has 0 bridgehead atoms. The minimum Gasteiger partial charge on any atom is -0.357 e. The Morgan fingerprint density at radius 1 is 1.35 bits per heavy atom. The molecule has 0 saturated carbocycles. The first-order valence-electron chi connectivity index (χ1n) is 5.09. The Labute approximate surface area is 102 Å². The first kappa shape index (κ1) is 14.1. The van der Waals surface area contributed by atoms with Crippen molar-refractivity contribution in [3.05, 3.63) is 11.8 Å². The van der Waals surface area contributed by atoms with Gasteiger partial charge in [0.15, 0.2) is 5.69 Å². The molecule has 0 aliphatic carbocycles. The van der Waals surface area contributed by atoms with Gasteiger partial charge in [0.05, 0.1) is 0 Å². The second kappa shape index (κ2) is 5.57. The van der Waals surface area contributed by atoms with Gasteiger partial charge in [-0.2, -0.15) is 13.2 Å². The molecule has 0 aliphatic rings. The minimum absolute atomic E-state index is 0.00826. The third-order valence-electron chi connectivity index (χ3n) is 1.78. The maximum absolute atomic E-state index is 12.6. The van der Waals surface area contributed by atoms with Crippen LogP contribution in [0.1, 0.15) is 19.5 Å². The molecular weight excluding hydrogens is 251 g/mol. The molecule has 1 heterocycles. The Balaban J connectivity index is 2.97. The third kappa shape index (κ3) is 4.41. The summed E-state index contributed by atoms with van der Waals surface area (Å²) < 4.78 is 37.7. The van der Waals surface area contributed by atoms with Crippen LogP contribution in [0.5, 0.6) is 0 Å². The van der Waals surface area contributed by atoms with E-state index in [4.69, 9.17) is 0 Å². The molecule has 0 aliphatic heterocycles. The first-order valence-corrected chi connectivity index (χ1v) is 6.08. The van der Waals surface area contributed by atoms with Crippen LogP contribution in [0.2, 0.25) is 0 Å². The Morgan fingerprint density at radius 2 is 2.00 bits per heavy atom. The van der Waals surface area contributed by atoms with Crippen LogP contribution in [-0.4, -0.2) is 22.8 Å². The van der Waals surface area contributed by atoms with Crippen molar-refractivity contribution in [2.75, 3.05) is 18.1 Å². The lowest BCUT2D eigenvalue weighted by atomic mass is 10.3. The van der Waals surface area contributed by atoms with Gasteiger partial charge in [0, 0.05) is 18.9 Å². The van der Waals surface area contributed by atoms with Gasteiger partial charge in [-0.15, -0.1) is 11.8 Å². The van der Waals surface area contributed by atoms with E-state index in [1.54, 1.807) is 0 Å². The van der Waals surface area contributed by atoms with Crippen LogP contribution in [0.15, 0.2) is 11.1 Å². The average molecular weight is 265 g/mol. The lowest BCUT2D eigenvalue weighted by Gasteiger charge is -2.10. The zero-order valence-corrected chi connectivity index (χ0v) is 10.6. The van der Waals surface area contributed by atoms with Crippen LogP contribution in [0.4, 0.5) is 19.1 Å². The van der Waals surface area contributed by atoms with Crippen molar-refractivity contribution < 1.29 is 13.2 Å². The molecule has 0 saturated heterocycles. The number of hydrogen-bond acceptors (Lipinski definition) is 4. The number of anilines is 1. The molecule has 1 rings (SSSR count). The summed E-state index contributed by atoms with van der Waals surface area (Å²) in [5.74, 6) is 1.10. The Hall–Kier alpha value is -0.980. The molecule has 0 unspecified atom stereocenters. The van der Waals surface area contributed by atoms with Crippen molar-refractivity contribution in [3.63, 3.8) is 0 Å². The topological polar surface area (TPSA) is 37.8 Å². The van der Waals surface area contributed by atoms with E-state index in [9.17, 15) is 13.2 Å². The second-order valence-electron chi connectivity index (χ2n) is 3.87. The molecule has 0 atom stereocenters. The molecule has 0 spiro atoms. The Kier molecular flexibility index (Phi) is 4.62. The summed E-state index contributed by atoms with van der Waals surface area (Å²) in [5, 5.41) is 2.87. The van der Waals surface area contributed by atoms with Gasteiger partial charge in [0.2, 0.25) is 5.95 Å². The second-order valence-corrected chi connectivity index (χ2v) is 4.91. The van der Waals surface area contributed by atoms with Gasteiger partial charge in [-0.25, -0.2) is 9.97 Å². The number of hydrogen-bond donors (Lipinski definition) is 1. The zero-order valence-electron chi connectivity index (χ0n) is 9.80. The van der Waals surface area contributed by atoms with E-state index in [0.717, 1.165) is 11.8 Å². The highest BCUT2D eigenvalue weighted by Crippen LogP contribution is 2.31. The van der Waals surface area contributed by atoms with E-state index < -0.39 is 11.9 Å². The highest BCUT2D eigenvalue weighted by atomic mass is 32.2. The van der Waals surface area contributed by atoms with E-state index in [-0.39, 0.29) is 5.95 Å². The fourth-order valence-electron chi connectivity index (χ4n) is 1.01. The highest BCUT2D eigenvalue weighted by molar-refractivity contribution is 7.99. The molecule has 7 heteroatoms. The fraction of sp³-hybridized carbons (Fsp3) is 0.600. The highest BCUT2D eigenvalue weighted by Gasteiger charge is 2.33. The summed E-state index contributed by atoms with van der Waals surface area (Å²) in [7, 11) is 1.49. The number of rotatable bonds is 4. The molecule has 17 heavy (non-hydrogen) atoms. The largest absolute Gasteiger partial charge is 0.433 e. The molecule has 0 amide bonds. The van der Waals surface area contributed by atoms with Gasteiger partial charge >= 0.3 is 6.18 Å². The third-order valence-corrected chi connectivity index (χ3v) is 3.12. The summed E-state index contributed by atoms with van der Waals surface area (Å²) in [6.45, 7) is 4.00. The number of nitrogens with zero attached hydrogens (tertiary/aromatic N) is 2. The summed E-state index contributed by atoms with van der Waals surface area (Å²) >= 11 is 1.30. The maximum atomic E-state index is 12.6. The summed E-state index contributed by atoms with van der Waals surface area (Å²) in [4.78, 5) is 7.37. The first-order chi connectivity index (χ1) is 7.82. The molecule has 0 radical (unpaired) electrons. The molecule has 0 fully saturated rings. The lowest BCUT2D eigenvalue weighted by Crippen LogP contribution is -2.11. The van der Waals surface area contributed by atoms with Gasteiger partial charge in [-0.1, -0.05) is 13.8 Å². The van der Waals surface area contributed by atoms with Crippen LogP contribution in [0.25, 0.3) is 0 Å². The SMILES string of the molecule is CNc1nc(SCC(C)C)cc(C(F)(F)F)n1. The van der Waals surface area contributed by atoms with Crippen molar-refractivity contribution >= 4 is 17.7 Å². The van der Waals surface area contributed by atoms with Crippen LogP contribution >= 0.6 is 11.8 Å². The molecule has 3 nitrogen and oxygen atoms in total. The minimum atomic E-state index is -4.44. The normalized spacial score (nSPS) is 11.9. The van der Waals surface area contributed by atoms with Crippen LogP contribution in [0, 0.1) is 5.92 Å². The van der Waals surface area contributed by atoms with Crippen LogP contribution in [-0.2, 0) is 6.18 Å². The van der Waals surface area contributed by atoms with Gasteiger partial charge in [-0.05, 0) is 5.92 Å².